The highest BCUT2D eigenvalue weighted by Gasteiger charge is 2.35. The SMILES string of the molecule is O=C(Nc1ccc(F)cc1)N1CCc2nccnc2[C@@H]1c1ccc(C(F)(F)F)cc1. The molecular formula is C21H16F4N4O. The molecule has 9 heteroatoms. The number of urea groups is 1. The van der Waals surface area contributed by atoms with E-state index in [1.54, 1.807) is 0 Å². The number of alkyl halides is 3. The average molecular weight is 416 g/mol. The van der Waals surface area contributed by atoms with Crippen LogP contribution in [-0.2, 0) is 12.6 Å². The molecule has 0 bridgehead atoms. The molecule has 2 amide bonds. The van der Waals surface area contributed by atoms with Crippen LogP contribution in [0.3, 0.4) is 0 Å². The zero-order valence-electron chi connectivity index (χ0n) is 15.5. The molecule has 1 N–H and O–H groups in total. The van der Waals surface area contributed by atoms with Crippen molar-refractivity contribution >= 4 is 11.7 Å². The predicted octanol–water partition coefficient (Wildman–Crippen LogP) is 4.81. The molecule has 0 saturated carbocycles. The van der Waals surface area contributed by atoms with Crippen LogP contribution in [-0.4, -0.2) is 27.4 Å². The number of halogens is 4. The lowest BCUT2D eigenvalue weighted by Gasteiger charge is -2.36. The monoisotopic (exact) mass is 416 g/mol. The Hall–Kier alpha value is -3.49. The number of nitrogens with zero attached hydrogens (tertiary/aromatic N) is 3. The van der Waals surface area contributed by atoms with E-state index in [0.717, 1.165) is 12.1 Å². The summed E-state index contributed by atoms with van der Waals surface area (Å²) in [7, 11) is 0. The molecule has 1 aromatic heterocycles. The van der Waals surface area contributed by atoms with Gasteiger partial charge in [-0.1, -0.05) is 12.1 Å². The summed E-state index contributed by atoms with van der Waals surface area (Å²) in [5.74, 6) is -0.433. The fourth-order valence-corrected chi connectivity index (χ4v) is 3.44. The van der Waals surface area contributed by atoms with Crippen molar-refractivity contribution < 1.29 is 22.4 Å². The number of hydrogen-bond donors (Lipinski definition) is 1. The van der Waals surface area contributed by atoms with Crippen LogP contribution in [0.15, 0.2) is 60.9 Å². The Morgan fingerprint density at radius 2 is 1.67 bits per heavy atom. The van der Waals surface area contributed by atoms with E-state index in [4.69, 9.17) is 0 Å². The van der Waals surface area contributed by atoms with E-state index in [2.05, 4.69) is 15.3 Å². The topological polar surface area (TPSA) is 58.1 Å². The first-order chi connectivity index (χ1) is 14.3. The van der Waals surface area contributed by atoms with E-state index in [1.165, 1.54) is 53.7 Å². The van der Waals surface area contributed by atoms with Crippen LogP contribution in [0.2, 0.25) is 0 Å². The highest BCUT2D eigenvalue weighted by Crippen LogP contribution is 2.35. The van der Waals surface area contributed by atoms with E-state index < -0.39 is 29.6 Å². The Morgan fingerprint density at radius 3 is 2.33 bits per heavy atom. The smallest absolute Gasteiger partial charge is 0.311 e. The minimum absolute atomic E-state index is 0.296. The molecule has 3 aromatic rings. The van der Waals surface area contributed by atoms with Crippen molar-refractivity contribution in [2.45, 2.75) is 18.6 Å². The van der Waals surface area contributed by atoms with E-state index in [-0.39, 0.29) is 0 Å². The van der Waals surface area contributed by atoms with Gasteiger partial charge < -0.3 is 10.2 Å². The van der Waals surface area contributed by atoms with Crippen LogP contribution in [0.4, 0.5) is 28.0 Å². The zero-order chi connectivity index (χ0) is 21.3. The fourth-order valence-electron chi connectivity index (χ4n) is 3.44. The number of hydrogen-bond acceptors (Lipinski definition) is 3. The quantitative estimate of drug-likeness (QED) is 0.610. The van der Waals surface area contributed by atoms with Gasteiger partial charge >= 0.3 is 12.2 Å². The van der Waals surface area contributed by atoms with Gasteiger partial charge in [-0.3, -0.25) is 9.97 Å². The molecule has 0 spiro atoms. The number of amides is 2. The first-order valence-corrected chi connectivity index (χ1v) is 9.13. The second kappa shape index (κ2) is 7.74. The fraction of sp³-hybridized carbons (Fsp3) is 0.190. The summed E-state index contributed by atoms with van der Waals surface area (Å²) in [6.07, 6.45) is -0.978. The number of nitrogens with one attached hydrogen (secondary N) is 1. The van der Waals surface area contributed by atoms with Crippen molar-refractivity contribution in [3.63, 3.8) is 0 Å². The molecule has 2 aromatic carbocycles. The second-order valence-electron chi connectivity index (χ2n) is 6.79. The summed E-state index contributed by atoms with van der Waals surface area (Å²) < 4.78 is 52.0. The van der Waals surface area contributed by atoms with Crippen LogP contribution >= 0.6 is 0 Å². The first-order valence-electron chi connectivity index (χ1n) is 9.13. The average Bonchev–Trinajstić information content (AvgIpc) is 2.74. The molecule has 0 aliphatic carbocycles. The molecular weight excluding hydrogens is 400 g/mol. The Labute approximate surface area is 169 Å². The summed E-state index contributed by atoms with van der Waals surface area (Å²) in [5, 5.41) is 2.70. The molecule has 154 valence electrons. The summed E-state index contributed by atoms with van der Waals surface area (Å²) in [4.78, 5) is 23.1. The third kappa shape index (κ3) is 3.96. The van der Waals surface area contributed by atoms with Crippen molar-refractivity contribution in [1.29, 1.82) is 0 Å². The third-order valence-electron chi connectivity index (χ3n) is 4.88. The number of carbonyl (C=O) groups is 1. The van der Waals surface area contributed by atoms with Crippen molar-refractivity contribution in [2.24, 2.45) is 0 Å². The number of carbonyl (C=O) groups excluding carboxylic acids is 1. The largest absolute Gasteiger partial charge is 0.416 e. The van der Waals surface area contributed by atoms with Gasteiger partial charge in [0, 0.05) is 31.0 Å². The van der Waals surface area contributed by atoms with Crippen molar-refractivity contribution in [2.75, 3.05) is 11.9 Å². The zero-order valence-corrected chi connectivity index (χ0v) is 15.5. The summed E-state index contributed by atoms with van der Waals surface area (Å²) in [6.45, 7) is 0.296. The highest BCUT2D eigenvalue weighted by molar-refractivity contribution is 5.90. The van der Waals surface area contributed by atoms with Gasteiger partial charge in [0.2, 0.25) is 0 Å². The molecule has 0 radical (unpaired) electrons. The molecule has 30 heavy (non-hydrogen) atoms. The lowest BCUT2D eigenvalue weighted by atomic mass is 9.94. The minimum atomic E-state index is -4.46. The molecule has 0 unspecified atom stereocenters. The van der Waals surface area contributed by atoms with Gasteiger partial charge in [-0.15, -0.1) is 0 Å². The molecule has 0 fully saturated rings. The maximum absolute atomic E-state index is 13.1. The van der Waals surface area contributed by atoms with Crippen LogP contribution in [0.25, 0.3) is 0 Å². The van der Waals surface area contributed by atoms with Gasteiger partial charge in [0.15, 0.2) is 0 Å². The van der Waals surface area contributed by atoms with Crippen LogP contribution in [0, 0.1) is 5.82 Å². The number of fused-ring (bicyclic) bond motifs is 1. The molecule has 1 aliphatic heterocycles. The van der Waals surface area contributed by atoms with Gasteiger partial charge in [-0.05, 0) is 42.0 Å². The summed E-state index contributed by atoms with van der Waals surface area (Å²) in [6, 6.07) is 8.78. The maximum Gasteiger partial charge on any atom is 0.416 e. The third-order valence-corrected chi connectivity index (χ3v) is 4.88. The normalized spacial score (nSPS) is 16.1. The van der Waals surface area contributed by atoms with E-state index >= 15 is 0 Å². The van der Waals surface area contributed by atoms with E-state index in [9.17, 15) is 22.4 Å². The van der Waals surface area contributed by atoms with Gasteiger partial charge in [-0.25, -0.2) is 9.18 Å². The van der Waals surface area contributed by atoms with Gasteiger partial charge in [-0.2, -0.15) is 13.2 Å². The lowest BCUT2D eigenvalue weighted by molar-refractivity contribution is -0.137. The molecule has 2 heterocycles. The van der Waals surface area contributed by atoms with Gasteiger partial charge in [0.1, 0.15) is 11.9 Å². The Kier molecular flexibility index (Phi) is 5.11. The number of anilines is 1. The lowest BCUT2D eigenvalue weighted by Crippen LogP contribution is -2.43. The Balaban J connectivity index is 1.68. The summed E-state index contributed by atoms with van der Waals surface area (Å²) in [5.41, 5.74) is 1.31. The van der Waals surface area contributed by atoms with Crippen molar-refractivity contribution in [3.8, 4) is 0 Å². The molecule has 1 aliphatic rings. The van der Waals surface area contributed by atoms with Crippen LogP contribution in [0.1, 0.15) is 28.6 Å². The Morgan fingerprint density at radius 1 is 1.00 bits per heavy atom. The number of aromatic nitrogens is 2. The molecule has 5 nitrogen and oxygen atoms in total. The van der Waals surface area contributed by atoms with E-state index in [0.29, 0.717) is 35.6 Å². The molecule has 0 saturated heterocycles. The second-order valence-corrected chi connectivity index (χ2v) is 6.79. The Bertz CT molecular complexity index is 1050. The standard InChI is InChI=1S/C21H16F4N4O/c22-15-5-7-16(8-6-15)28-20(30)29-12-9-17-18(27-11-10-26-17)19(29)13-1-3-14(4-2-13)21(23,24)25/h1-8,10-11,19H,9,12H2,(H,28,30)/t19-/m0/s1. The molecule has 4 rings (SSSR count). The number of rotatable bonds is 2. The van der Waals surface area contributed by atoms with Gasteiger partial charge in [0.05, 0.1) is 17.0 Å². The van der Waals surface area contributed by atoms with E-state index in [1.807, 2.05) is 0 Å². The number of benzene rings is 2. The van der Waals surface area contributed by atoms with Crippen LogP contribution < -0.4 is 5.32 Å². The first kappa shape index (κ1) is 19.8. The van der Waals surface area contributed by atoms with Crippen molar-refractivity contribution in [3.05, 3.63) is 89.3 Å². The van der Waals surface area contributed by atoms with Crippen LogP contribution in [0.5, 0.6) is 0 Å². The summed E-state index contributed by atoms with van der Waals surface area (Å²) >= 11 is 0. The molecule has 1 atom stereocenters. The van der Waals surface area contributed by atoms with Crippen molar-refractivity contribution in [1.82, 2.24) is 14.9 Å². The highest BCUT2D eigenvalue weighted by atomic mass is 19.4. The predicted molar refractivity (Wildman–Crippen MR) is 101 cm³/mol. The maximum atomic E-state index is 13.1. The van der Waals surface area contributed by atoms with Gasteiger partial charge in [0.25, 0.3) is 0 Å². The minimum Gasteiger partial charge on any atom is -0.311 e.